The topological polar surface area (TPSA) is 40.5 Å². The SMILES string of the molecule is C.CC(P)CC(C)CO.CCCO.[Fe].[Fe]. The van der Waals surface area contributed by atoms with Gasteiger partial charge in [-0.25, -0.2) is 0 Å². The molecule has 0 heterocycles. The molecule has 0 saturated heterocycles. The molecule has 0 aliphatic rings. The van der Waals surface area contributed by atoms with E-state index in [1.54, 1.807) is 0 Å². The predicted molar refractivity (Wildman–Crippen MR) is 64.1 cm³/mol. The van der Waals surface area contributed by atoms with Crippen LogP contribution in [-0.2, 0) is 34.1 Å². The van der Waals surface area contributed by atoms with Crippen molar-refractivity contribution >= 4 is 9.24 Å². The van der Waals surface area contributed by atoms with E-state index in [9.17, 15) is 0 Å². The Bertz CT molecular complexity index is 83.8. The molecule has 100 valence electrons. The molecule has 0 saturated carbocycles. The Morgan fingerprint density at radius 3 is 1.53 bits per heavy atom. The van der Waals surface area contributed by atoms with Crippen LogP contribution < -0.4 is 0 Å². The molecule has 3 unspecified atom stereocenters. The van der Waals surface area contributed by atoms with Crippen LogP contribution in [0.15, 0.2) is 0 Å². The molecule has 0 aromatic rings. The summed E-state index contributed by atoms with van der Waals surface area (Å²) in [6.07, 6.45) is 1.97. The van der Waals surface area contributed by atoms with E-state index in [1.807, 2.05) is 6.92 Å². The Morgan fingerprint density at radius 1 is 1.13 bits per heavy atom. The zero-order chi connectivity index (χ0) is 9.98. The molecule has 0 aliphatic heterocycles. The van der Waals surface area contributed by atoms with Crippen molar-refractivity contribution in [3.63, 3.8) is 0 Å². The van der Waals surface area contributed by atoms with Gasteiger partial charge in [0.25, 0.3) is 0 Å². The molecule has 2 nitrogen and oxygen atoms in total. The summed E-state index contributed by atoms with van der Waals surface area (Å²) in [6.45, 7) is 6.76. The zero-order valence-corrected chi connectivity index (χ0v) is 12.5. The first-order valence-corrected chi connectivity index (χ1v) is 5.22. The molecule has 3 atom stereocenters. The van der Waals surface area contributed by atoms with Gasteiger partial charge in [-0.2, -0.15) is 0 Å². The van der Waals surface area contributed by atoms with Crippen LogP contribution in [0.2, 0.25) is 0 Å². The summed E-state index contributed by atoms with van der Waals surface area (Å²) in [4.78, 5) is 0. The maximum atomic E-state index is 8.57. The van der Waals surface area contributed by atoms with Crippen molar-refractivity contribution in [2.24, 2.45) is 5.92 Å². The van der Waals surface area contributed by atoms with Crippen LogP contribution in [0.3, 0.4) is 0 Å². The molecule has 0 aromatic carbocycles. The standard InChI is InChI=1S/C6H15OP.C3H8O.CH4.2Fe/c1-5(4-7)3-6(2)8;1-2-3-4;;;/h5-7H,3-4,8H2,1-2H3;4H,2-3H2,1H3;1H4;;. The van der Waals surface area contributed by atoms with E-state index in [4.69, 9.17) is 10.2 Å². The first-order valence-electron chi connectivity index (χ1n) is 4.55. The molecule has 0 aromatic heterocycles. The van der Waals surface area contributed by atoms with E-state index in [2.05, 4.69) is 23.1 Å². The first-order chi connectivity index (χ1) is 5.58. The number of hydrogen-bond acceptors (Lipinski definition) is 2. The van der Waals surface area contributed by atoms with Gasteiger partial charge in [-0.1, -0.05) is 28.2 Å². The second kappa shape index (κ2) is 24.6. The van der Waals surface area contributed by atoms with E-state index in [0.717, 1.165) is 12.8 Å². The Kier molecular flexibility index (Phi) is 49.0. The molecular weight excluding hydrogens is 295 g/mol. The molecule has 15 heavy (non-hydrogen) atoms. The van der Waals surface area contributed by atoms with Crippen molar-refractivity contribution in [1.82, 2.24) is 0 Å². The van der Waals surface area contributed by atoms with Gasteiger partial charge >= 0.3 is 0 Å². The Hall–Kier alpha value is 1.39. The van der Waals surface area contributed by atoms with Gasteiger partial charge in [0.1, 0.15) is 0 Å². The number of hydrogen-bond donors (Lipinski definition) is 2. The third-order valence-electron chi connectivity index (χ3n) is 1.31. The van der Waals surface area contributed by atoms with Crippen molar-refractivity contribution in [3.05, 3.63) is 0 Å². The number of aliphatic hydroxyl groups is 2. The fraction of sp³-hybridized carbons (Fsp3) is 1.00. The van der Waals surface area contributed by atoms with Gasteiger partial charge in [0.15, 0.2) is 0 Å². The third-order valence-corrected chi connectivity index (χ3v) is 1.58. The third kappa shape index (κ3) is 39.2. The Balaban J connectivity index is -0.0000000424. The molecule has 0 aliphatic carbocycles. The van der Waals surface area contributed by atoms with Crippen molar-refractivity contribution in [2.75, 3.05) is 13.2 Å². The van der Waals surface area contributed by atoms with Crippen LogP contribution in [0.25, 0.3) is 0 Å². The van der Waals surface area contributed by atoms with Crippen molar-refractivity contribution in [3.8, 4) is 0 Å². The van der Waals surface area contributed by atoms with Gasteiger partial charge in [-0.3, -0.25) is 0 Å². The largest absolute Gasteiger partial charge is 0.396 e. The molecule has 0 radical (unpaired) electrons. The van der Waals surface area contributed by atoms with Gasteiger partial charge < -0.3 is 10.2 Å². The number of rotatable bonds is 4. The van der Waals surface area contributed by atoms with Gasteiger partial charge in [-0.05, 0) is 24.4 Å². The smallest absolute Gasteiger partial charge is 0.0456 e. The Labute approximate surface area is 119 Å². The minimum absolute atomic E-state index is 0. The van der Waals surface area contributed by atoms with E-state index < -0.39 is 0 Å². The maximum Gasteiger partial charge on any atom is 0.0456 e. The summed E-state index contributed by atoms with van der Waals surface area (Å²) in [5, 5.41) is 16.4. The van der Waals surface area contributed by atoms with Gasteiger partial charge in [-0.15, -0.1) is 9.24 Å². The van der Waals surface area contributed by atoms with E-state index in [-0.39, 0.29) is 41.6 Å². The molecule has 5 heteroatoms. The van der Waals surface area contributed by atoms with E-state index >= 15 is 0 Å². The minimum atomic E-state index is 0. The summed E-state index contributed by atoms with van der Waals surface area (Å²) in [7, 11) is 2.72. The normalized spacial score (nSPS) is 11.6. The fourth-order valence-electron chi connectivity index (χ4n) is 0.709. The van der Waals surface area contributed by atoms with Crippen molar-refractivity contribution < 1.29 is 44.4 Å². The van der Waals surface area contributed by atoms with Crippen LogP contribution >= 0.6 is 9.24 Å². The van der Waals surface area contributed by atoms with E-state index in [0.29, 0.717) is 24.8 Å². The van der Waals surface area contributed by atoms with Crippen LogP contribution in [0.4, 0.5) is 0 Å². The van der Waals surface area contributed by atoms with Crippen LogP contribution in [0.1, 0.15) is 41.0 Å². The van der Waals surface area contributed by atoms with Crippen LogP contribution in [-0.4, -0.2) is 29.1 Å². The molecule has 0 fully saturated rings. The second-order valence-corrected chi connectivity index (χ2v) is 4.36. The average Bonchev–Trinajstić information content (AvgIpc) is 2.04. The molecule has 0 spiro atoms. The van der Waals surface area contributed by atoms with Crippen molar-refractivity contribution in [2.45, 2.75) is 46.7 Å². The summed E-state index contributed by atoms with van der Waals surface area (Å²) in [5.74, 6) is 0.461. The second-order valence-electron chi connectivity index (χ2n) is 3.22. The zero-order valence-electron chi connectivity index (χ0n) is 9.16. The molecular formula is C10H27Fe2O2P. The summed E-state index contributed by atoms with van der Waals surface area (Å²) in [5.41, 5.74) is 0.636. The Morgan fingerprint density at radius 2 is 1.47 bits per heavy atom. The quantitative estimate of drug-likeness (QED) is 0.616. The summed E-state index contributed by atoms with van der Waals surface area (Å²) < 4.78 is 0. The van der Waals surface area contributed by atoms with E-state index in [1.165, 1.54) is 0 Å². The molecule has 2 N–H and O–H groups in total. The predicted octanol–water partition coefficient (Wildman–Crippen LogP) is 2.29. The van der Waals surface area contributed by atoms with Crippen LogP contribution in [0, 0.1) is 5.92 Å². The number of aliphatic hydroxyl groups excluding tert-OH is 2. The van der Waals surface area contributed by atoms with Gasteiger partial charge in [0.2, 0.25) is 0 Å². The van der Waals surface area contributed by atoms with Gasteiger partial charge in [0.05, 0.1) is 0 Å². The molecule has 0 rings (SSSR count). The van der Waals surface area contributed by atoms with Gasteiger partial charge in [0, 0.05) is 47.4 Å². The monoisotopic (exact) mass is 322 g/mol. The minimum Gasteiger partial charge on any atom is -0.396 e. The molecule has 0 bridgehead atoms. The summed E-state index contributed by atoms with van der Waals surface area (Å²) >= 11 is 0. The first kappa shape index (κ1) is 29.9. The van der Waals surface area contributed by atoms with Crippen LogP contribution in [0.5, 0.6) is 0 Å². The van der Waals surface area contributed by atoms with Crippen molar-refractivity contribution in [1.29, 1.82) is 0 Å². The fourth-order valence-corrected chi connectivity index (χ4v) is 1.17. The molecule has 0 amide bonds. The summed E-state index contributed by atoms with van der Waals surface area (Å²) in [6, 6.07) is 0. The maximum absolute atomic E-state index is 8.57. The average molecular weight is 322 g/mol.